The molecule has 0 unspecified atom stereocenters. The van der Waals surface area contributed by atoms with Gasteiger partial charge in [-0.15, -0.1) is 0 Å². The van der Waals surface area contributed by atoms with Crippen LogP contribution < -0.4 is 0 Å². The van der Waals surface area contributed by atoms with Crippen molar-refractivity contribution in [2.24, 2.45) is 0 Å². The van der Waals surface area contributed by atoms with Crippen LogP contribution in [0.1, 0.15) is 0 Å². The molecule has 0 aliphatic carbocycles. The average molecular weight is 156 g/mol. The minimum atomic E-state index is -3.56. The van der Waals surface area contributed by atoms with Crippen molar-refractivity contribution in [1.29, 1.82) is 0 Å². The molecule has 0 aromatic rings. The molecule has 5 heteroatoms. The van der Waals surface area contributed by atoms with Crippen LogP contribution in [0.5, 0.6) is 0 Å². The Labute approximate surface area is 48.4 Å². The van der Waals surface area contributed by atoms with Crippen LogP contribution in [0.25, 0.3) is 0 Å². The van der Waals surface area contributed by atoms with Gasteiger partial charge in [-0.3, -0.25) is 0 Å². The van der Waals surface area contributed by atoms with E-state index in [1.165, 1.54) is 0 Å². The Hall–Kier alpha value is 0.239. The summed E-state index contributed by atoms with van der Waals surface area (Å²) in [4.78, 5) is 0. The maximum absolute atomic E-state index is 10.4. The first-order valence-electron chi connectivity index (χ1n) is 1.10. The second-order valence-electron chi connectivity index (χ2n) is 0.590. The number of rotatable bonds is 1. The molecule has 1 radical (unpaired) electrons. The van der Waals surface area contributed by atoms with E-state index in [9.17, 15) is 17.6 Å². The zero-order valence-electron chi connectivity index (χ0n) is 2.97. The molecule has 0 aromatic carbocycles. The van der Waals surface area contributed by atoms with Gasteiger partial charge in [-0.2, -0.15) is 0 Å². The van der Waals surface area contributed by atoms with Crippen LogP contribution in [0.15, 0.2) is 0 Å². The Balaban J connectivity index is 0. The molecule has 0 spiro atoms. The van der Waals surface area contributed by atoms with Crippen molar-refractivity contribution in [1.82, 2.24) is 0 Å². The van der Waals surface area contributed by atoms with E-state index in [4.69, 9.17) is 0 Å². The Morgan fingerprint density at radius 3 is 1.29 bits per heavy atom. The fourth-order valence-corrected chi connectivity index (χ4v) is 0. The molecule has 0 fully saturated rings. The van der Waals surface area contributed by atoms with E-state index >= 15 is 0 Å². The summed E-state index contributed by atoms with van der Waals surface area (Å²) in [6, 6.07) is 0. The van der Waals surface area contributed by atoms with Crippen LogP contribution in [0.3, 0.4) is 0 Å². The molecule has 0 rings (SSSR count). The van der Waals surface area contributed by atoms with E-state index in [1.54, 1.807) is 0 Å². The van der Waals surface area contributed by atoms with Gasteiger partial charge in [0.1, 0.15) is 0 Å². The molecule has 0 heterocycles. The summed E-state index contributed by atoms with van der Waals surface area (Å²) in [5.41, 5.74) is 0. The SMILES string of the molecule is F[C-](F)C(F)F.[Mn]. The summed E-state index contributed by atoms with van der Waals surface area (Å²) in [6.45, 7) is 0. The maximum atomic E-state index is 10.4. The Morgan fingerprint density at radius 1 is 1.14 bits per heavy atom. The van der Waals surface area contributed by atoms with Gasteiger partial charge in [-0.1, -0.05) is 0 Å². The molecule has 0 aliphatic heterocycles. The molecule has 45 valence electrons. The minimum absolute atomic E-state index is 0. The normalized spacial score (nSPS) is 9.43. The molecule has 0 aliphatic rings. The van der Waals surface area contributed by atoms with Crippen molar-refractivity contribution in [2.45, 2.75) is 6.43 Å². The smallest absolute Gasteiger partial charge is 0.178 e. The number of hydrogen-bond acceptors (Lipinski definition) is 0. The summed E-state index contributed by atoms with van der Waals surface area (Å²) in [7, 11) is 0. The molecule has 0 saturated carbocycles. The molecule has 0 atom stereocenters. The second kappa shape index (κ2) is 4.40. The van der Waals surface area contributed by atoms with Gasteiger partial charge in [-0.25, -0.2) is 8.78 Å². The molecular formula is C2HF4Mn-. The first kappa shape index (κ1) is 10.3. The van der Waals surface area contributed by atoms with Gasteiger partial charge in [0.05, 0.1) is 6.43 Å². The quantitative estimate of drug-likeness (QED) is 0.307. The topological polar surface area (TPSA) is 0 Å². The molecule has 0 N–H and O–H groups in total. The third kappa shape index (κ3) is 6.24. The first-order valence-corrected chi connectivity index (χ1v) is 1.10. The maximum Gasteiger partial charge on any atom is 0.178 e. The summed E-state index contributed by atoms with van der Waals surface area (Å²) in [5, 5.41) is 0. The van der Waals surface area contributed by atoms with Gasteiger partial charge < -0.3 is 8.78 Å². The second-order valence-corrected chi connectivity index (χ2v) is 0.590. The Morgan fingerprint density at radius 2 is 1.29 bits per heavy atom. The third-order valence-corrected chi connectivity index (χ3v) is 0.165. The fourth-order valence-electron chi connectivity index (χ4n) is 0. The largest absolute Gasteiger partial charge is 0.415 e. The standard InChI is InChI=1S/C2HF4.Mn/c3-1(4)2(5)6;/h1H;/q-1;. The minimum Gasteiger partial charge on any atom is -0.415 e. The summed E-state index contributed by atoms with van der Waals surface area (Å²) in [6.07, 6.45) is -6.39. The van der Waals surface area contributed by atoms with Gasteiger partial charge >= 0.3 is 0 Å². The van der Waals surface area contributed by atoms with E-state index in [-0.39, 0.29) is 17.1 Å². The van der Waals surface area contributed by atoms with Crippen LogP contribution in [0.4, 0.5) is 17.6 Å². The Bertz CT molecular complexity index is 30.7. The van der Waals surface area contributed by atoms with Crippen LogP contribution in [0, 0.1) is 6.43 Å². The van der Waals surface area contributed by atoms with Crippen LogP contribution in [0.2, 0.25) is 0 Å². The number of halogens is 4. The summed E-state index contributed by atoms with van der Waals surface area (Å²) >= 11 is 0. The summed E-state index contributed by atoms with van der Waals surface area (Å²) in [5.74, 6) is 0. The average Bonchev–Trinajstić information content (AvgIpc) is 1.36. The zero-order chi connectivity index (χ0) is 5.15. The first-order chi connectivity index (χ1) is 2.64. The molecule has 0 amide bonds. The molecule has 0 nitrogen and oxygen atoms in total. The Kier molecular flexibility index (Phi) is 6.45. The number of hydrogen-bond donors (Lipinski definition) is 0. The van der Waals surface area contributed by atoms with Gasteiger partial charge in [0.15, 0.2) is 6.43 Å². The summed E-state index contributed by atoms with van der Waals surface area (Å²) < 4.78 is 41.4. The van der Waals surface area contributed by atoms with Crippen molar-refractivity contribution in [3.8, 4) is 0 Å². The van der Waals surface area contributed by atoms with E-state index < -0.39 is 12.9 Å². The predicted octanol–water partition coefficient (Wildman–Crippen LogP) is 1.68. The number of alkyl halides is 2. The molecule has 0 saturated heterocycles. The van der Waals surface area contributed by atoms with Crippen LogP contribution >= 0.6 is 0 Å². The molecule has 0 aromatic heterocycles. The van der Waals surface area contributed by atoms with Crippen molar-refractivity contribution in [2.75, 3.05) is 0 Å². The fraction of sp³-hybridized carbons (Fsp3) is 0.500. The van der Waals surface area contributed by atoms with Crippen LogP contribution in [-0.4, -0.2) is 6.43 Å². The van der Waals surface area contributed by atoms with Gasteiger partial charge in [0, 0.05) is 17.1 Å². The predicted molar refractivity (Wildman–Crippen MR) is 11.5 cm³/mol. The zero-order valence-corrected chi connectivity index (χ0v) is 4.15. The van der Waals surface area contributed by atoms with E-state index in [0.29, 0.717) is 0 Å². The van der Waals surface area contributed by atoms with Crippen molar-refractivity contribution >= 4 is 0 Å². The molecule has 0 bridgehead atoms. The van der Waals surface area contributed by atoms with Gasteiger partial charge in [-0.05, 0) is 0 Å². The van der Waals surface area contributed by atoms with Crippen molar-refractivity contribution in [3.05, 3.63) is 6.43 Å². The van der Waals surface area contributed by atoms with E-state index in [2.05, 4.69) is 0 Å². The van der Waals surface area contributed by atoms with Gasteiger partial charge in [0.25, 0.3) is 0 Å². The molecular weight excluding hydrogens is 155 g/mol. The van der Waals surface area contributed by atoms with Crippen molar-refractivity contribution in [3.63, 3.8) is 0 Å². The van der Waals surface area contributed by atoms with E-state index in [0.717, 1.165) is 0 Å². The molecule has 7 heavy (non-hydrogen) atoms. The monoisotopic (exact) mass is 156 g/mol. The van der Waals surface area contributed by atoms with Gasteiger partial charge in [0.2, 0.25) is 0 Å². The van der Waals surface area contributed by atoms with Crippen molar-refractivity contribution < 1.29 is 34.6 Å². The van der Waals surface area contributed by atoms with E-state index in [1.807, 2.05) is 0 Å². The third-order valence-electron chi connectivity index (χ3n) is 0.165. The van der Waals surface area contributed by atoms with Crippen LogP contribution in [-0.2, 0) is 17.1 Å².